The van der Waals surface area contributed by atoms with Gasteiger partial charge in [-0.3, -0.25) is 4.79 Å². The summed E-state index contributed by atoms with van der Waals surface area (Å²) in [6.07, 6.45) is 0.824. The molecule has 0 saturated carbocycles. The van der Waals surface area contributed by atoms with Crippen molar-refractivity contribution in [1.82, 2.24) is 0 Å². The molecule has 0 radical (unpaired) electrons. The molecule has 4 nitrogen and oxygen atoms in total. The number of amides is 1. The summed E-state index contributed by atoms with van der Waals surface area (Å²) in [7, 11) is 0. The van der Waals surface area contributed by atoms with E-state index in [4.69, 9.17) is 5.11 Å². The van der Waals surface area contributed by atoms with E-state index in [-0.39, 0.29) is 6.07 Å². The first-order valence-corrected chi connectivity index (χ1v) is 4.38. The summed E-state index contributed by atoms with van der Waals surface area (Å²) in [5.41, 5.74) is -1.33. The molecule has 18 heavy (non-hydrogen) atoms. The molecule has 0 atom stereocenters. The van der Waals surface area contributed by atoms with Crippen LogP contribution in [-0.4, -0.2) is 17.0 Å². The van der Waals surface area contributed by atoms with Gasteiger partial charge in [-0.25, -0.2) is 22.4 Å². The van der Waals surface area contributed by atoms with Gasteiger partial charge in [0.05, 0.1) is 0 Å². The second kappa shape index (κ2) is 5.30. The van der Waals surface area contributed by atoms with Crippen LogP contribution in [-0.2, 0) is 9.59 Å². The molecule has 0 saturated heterocycles. The number of carbonyl (C=O) groups is 2. The smallest absolute Gasteiger partial charge is 0.328 e. The van der Waals surface area contributed by atoms with Crippen molar-refractivity contribution in [3.8, 4) is 0 Å². The maximum Gasteiger partial charge on any atom is 0.328 e. The van der Waals surface area contributed by atoms with Crippen molar-refractivity contribution in [2.24, 2.45) is 0 Å². The highest BCUT2D eigenvalue weighted by molar-refractivity contribution is 6.02. The molecule has 1 rings (SSSR count). The van der Waals surface area contributed by atoms with Crippen LogP contribution in [0.1, 0.15) is 0 Å². The Morgan fingerprint density at radius 1 is 1.06 bits per heavy atom. The molecule has 1 aromatic carbocycles. The van der Waals surface area contributed by atoms with Crippen LogP contribution in [0.2, 0.25) is 0 Å². The minimum atomic E-state index is -1.79. The number of hydrogen-bond acceptors (Lipinski definition) is 2. The molecule has 0 aromatic heterocycles. The summed E-state index contributed by atoms with van der Waals surface area (Å²) in [5, 5.41) is 9.69. The van der Waals surface area contributed by atoms with Gasteiger partial charge >= 0.3 is 5.97 Å². The van der Waals surface area contributed by atoms with Crippen LogP contribution in [0, 0.1) is 23.3 Å². The maximum atomic E-state index is 13.1. The van der Waals surface area contributed by atoms with Crippen molar-refractivity contribution in [3.63, 3.8) is 0 Å². The van der Waals surface area contributed by atoms with Crippen LogP contribution in [0.15, 0.2) is 18.2 Å². The van der Waals surface area contributed by atoms with Gasteiger partial charge in [-0.2, -0.15) is 0 Å². The normalized spacial score (nSPS) is 10.7. The van der Waals surface area contributed by atoms with E-state index >= 15 is 0 Å². The third-order valence-electron chi connectivity index (χ3n) is 1.74. The zero-order valence-electron chi connectivity index (χ0n) is 8.51. The van der Waals surface area contributed by atoms with Gasteiger partial charge < -0.3 is 10.4 Å². The lowest BCUT2D eigenvalue weighted by Gasteiger charge is -2.06. The monoisotopic (exact) mass is 263 g/mol. The van der Waals surface area contributed by atoms with E-state index in [2.05, 4.69) is 0 Å². The summed E-state index contributed by atoms with van der Waals surface area (Å²) < 4.78 is 51.6. The molecule has 0 fully saturated rings. The third-order valence-corrected chi connectivity index (χ3v) is 1.74. The second-order valence-corrected chi connectivity index (χ2v) is 3.00. The Hall–Kier alpha value is -2.38. The van der Waals surface area contributed by atoms with Crippen molar-refractivity contribution in [2.45, 2.75) is 0 Å². The lowest BCUT2D eigenvalue weighted by Crippen LogP contribution is -2.13. The Labute approximate surface area is 97.5 Å². The van der Waals surface area contributed by atoms with Gasteiger partial charge in [-0.15, -0.1) is 0 Å². The molecule has 8 heteroatoms. The van der Waals surface area contributed by atoms with E-state index in [9.17, 15) is 27.2 Å². The predicted molar refractivity (Wildman–Crippen MR) is 51.7 cm³/mol. The maximum absolute atomic E-state index is 13.1. The van der Waals surface area contributed by atoms with Crippen LogP contribution >= 0.6 is 0 Å². The highest BCUT2D eigenvalue weighted by Gasteiger charge is 2.20. The summed E-state index contributed by atoms with van der Waals surface area (Å²) in [5.74, 6) is -9.67. The summed E-state index contributed by atoms with van der Waals surface area (Å²) in [4.78, 5) is 21.1. The molecule has 0 spiro atoms. The van der Waals surface area contributed by atoms with Crippen LogP contribution < -0.4 is 5.32 Å². The molecule has 96 valence electrons. The fraction of sp³-hybridized carbons (Fsp3) is 0. The number of halogens is 4. The molecule has 0 unspecified atom stereocenters. The number of carboxylic acid groups (broad SMARTS) is 1. The number of benzene rings is 1. The lowest BCUT2D eigenvalue weighted by molar-refractivity contribution is -0.131. The first-order valence-electron chi connectivity index (χ1n) is 4.38. The molecule has 0 heterocycles. The van der Waals surface area contributed by atoms with Crippen molar-refractivity contribution in [3.05, 3.63) is 41.5 Å². The van der Waals surface area contributed by atoms with Crippen LogP contribution in [0.4, 0.5) is 23.2 Å². The third kappa shape index (κ3) is 3.06. The van der Waals surface area contributed by atoms with E-state index in [0.29, 0.717) is 12.2 Å². The molecular weight excluding hydrogens is 258 g/mol. The van der Waals surface area contributed by atoms with Gasteiger partial charge in [-0.05, 0) is 0 Å². The molecule has 2 N–H and O–H groups in total. The number of aliphatic carboxylic acids is 1. The second-order valence-electron chi connectivity index (χ2n) is 3.00. The van der Waals surface area contributed by atoms with Gasteiger partial charge in [0, 0.05) is 18.2 Å². The first kappa shape index (κ1) is 13.7. The van der Waals surface area contributed by atoms with Crippen LogP contribution in [0.3, 0.4) is 0 Å². The Kier molecular flexibility index (Phi) is 4.03. The van der Waals surface area contributed by atoms with E-state index in [1.807, 2.05) is 0 Å². The number of nitrogens with one attached hydrogen (secondary N) is 1. The molecule has 0 aliphatic rings. The fourth-order valence-electron chi connectivity index (χ4n) is 0.995. The Morgan fingerprint density at radius 2 is 1.56 bits per heavy atom. The molecule has 0 aliphatic carbocycles. The van der Waals surface area contributed by atoms with Gasteiger partial charge in [0.25, 0.3) is 0 Å². The molecule has 1 aromatic rings. The van der Waals surface area contributed by atoms with Crippen molar-refractivity contribution in [1.29, 1.82) is 0 Å². The van der Waals surface area contributed by atoms with Gasteiger partial charge in [0.1, 0.15) is 5.69 Å². The molecule has 1 amide bonds. The number of carbonyl (C=O) groups excluding carboxylic acids is 1. The van der Waals surface area contributed by atoms with Crippen molar-refractivity contribution in [2.75, 3.05) is 5.32 Å². The zero-order valence-corrected chi connectivity index (χ0v) is 8.51. The van der Waals surface area contributed by atoms with Gasteiger partial charge in [-0.1, -0.05) is 0 Å². The average Bonchev–Trinajstić information content (AvgIpc) is 2.29. The Bertz CT molecular complexity index is 516. The quantitative estimate of drug-likeness (QED) is 0.496. The minimum absolute atomic E-state index is 0.0204. The van der Waals surface area contributed by atoms with E-state index in [1.54, 1.807) is 0 Å². The number of anilines is 1. The topological polar surface area (TPSA) is 66.4 Å². The molecule has 0 aliphatic heterocycles. The van der Waals surface area contributed by atoms with E-state index in [0.717, 1.165) is 0 Å². The standard InChI is InChI=1S/C10H5F4NO3/c11-4-3-5(12)9(14)10(8(4)13)15-6(16)1-2-7(17)18/h1-3H,(H,15,16)(H,17,18)/b2-1+. The van der Waals surface area contributed by atoms with Crippen molar-refractivity contribution < 1.29 is 32.3 Å². The van der Waals surface area contributed by atoms with Crippen LogP contribution in [0.25, 0.3) is 0 Å². The van der Waals surface area contributed by atoms with Gasteiger partial charge in [0.15, 0.2) is 23.3 Å². The molecule has 0 bridgehead atoms. The SMILES string of the molecule is O=C(O)/C=C/C(=O)Nc1c(F)c(F)cc(F)c1F. The van der Waals surface area contributed by atoms with Crippen LogP contribution in [0.5, 0.6) is 0 Å². The minimum Gasteiger partial charge on any atom is -0.478 e. The Balaban J connectivity index is 3.05. The number of hydrogen-bond donors (Lipinski definition) is 2. The lowest BCUT2D eigenvalue weighted by atomic mass is 10.2. The fourth-order valence-corrected chi connectivity index (χ4v) is 0.995. The number of rotatable bonds is 3. The van der Waals surface area contributed by atoms with Crippen molar-refractivity contribution >= 4 is 17.6 Å². The van der Waals surface area contributed by atoms with E-state index in [1.165, 1.54) is 5.32 Å². The van der Waals surface area contributed by atoms with E-state index < -0.39 is 40.8 Å². The molecular formula is C10H5F4NO3. The zero-order chi connectivity index (χ0) is 13.9. The summed E-state index contributed by atoms with van der Waals surface area (Å²) in [6, 6.07) is -0.0204. The predicted octanol–water partition coefficient (Wildman–Crippen LogP) is 1.82. The number of carboxylic acids is 1. The van der Waals surface area contributed by atoms with Gasteiger partial charge in [0.2, 0.25) is 5.91 Å². The highest BCUT2D eigenvalue weighted by atomic mass is 19.2. The highest BCUT2D eigenvalue weighted by Crippen LogP contribution is 2.23. The first-order chi connectivity index (χ1) is 8.32. The summed E-state index contributed by atoms with van der Waals surface area (Å²) >= 11 is 0. The average molecular weight is 263 g/mol. The summed E-state index contributed by atoms with van der Waals surface area (Å²) in [6.45, 7) is 0. The Morgan fingerprint density at radius 3 is 2.00 bits per heavy atom. The largest absolute Gasteiger partial charge is 0.478 e.